The van der Waals surface area contributed by atoms with Crippen molar-refractivity contribution in [1.29, 1.82) is 0 Å². The first kappa shape index (κ1) is 49.0. The number of amides is 5. The van der Waals surface area contributed by atoms with Crippen molar-refractivity contribution in [2.75, 3.05) is 47.4 Å². The number of nitrogens with one attached hydrogen (secondary N) is 2. The van der Waals surface area contributed by atoms with Crippen LogP contribution < -0.4 is 10.7 Å². The molecule has 0 unspecified atom stereocenters. The van der Waals surface area contributed by atoms with Crippen LogP contribution in [0.25, 0.3) is 33.4 Å². The number of nitrogens with zero attached hydrogens (tertiary/aromatic N) is 7. The van der Waals surface area contributed by atoms with Gasteiger partial charge in [-0.3, -0.25) is 29.2 Å². The van der Waals surface area contributed by atoms with Crippen molar-refractivity contribution in [1.82, 2.24) is 45.0 Å². The number of thiazole rings is 1. The SMILES string of the molecule is C=CC(=O)N(C)[C@@H]1CCCN(C(=O)N(C)[C@@H](C(=C)C)C(=O)N[C@H]2Cc3nc(cs3)-c3ccc4c(c3)c(c(-c3cccnc3[C@H](C)OC)n4CC)CC(C)(C)COC(=O)[C@@H]3CCCN(N3)C2=O)C1. The molecule has 2 saturated heterocycles. The second-order valence-electron chi connectivity index (χ2n) is 18.8. The van der Waals surface area contributed by atoms with Crippen LogP contribution in [0.15, 0.2) is 66.7 Å². The predicted molar refractivity (Wildman–Crippen MR) is 259 cm³/mol. The van der Waals surface area contributed by atoms with Crippen LogP contribution in [0.4, 0.5) is 4.79 Å². The van der Waals surface area contributed by atoms with Gasteiger partial charge in [0.05, 0.1) is 34.8 Å². The van der Waals surface area contributed by atoms with Crippen molar-refractivity contribution in [2.45, 2.75) is 110 Å². The van der Waals surface area contributed by atoms with Gasteiger partial charge in [0.1, 0.15) is 18.1 Å². The molecular weight excluding hydrogens is 871 g/mol. The third-order valence-corrected chi connectivity index (χ3v) is 14.2. The Hall–Kier alpha value is -5.91. The fraction of sp³-hybridized carbons (Fsp3) is 0.500. The number of ether oxygens (including phenoxy) is 2. The fourth-order valence-electron chi connectivity index (χ4n) is 9.65. The zero-order valence-electron chi connectivity index (χ0n) is 40.1. The van der Waals surface area contributed by atoms with Crippen LogP contribution in [0.1, 0.15) is 82.7 Å². The second-order valence-corrected chi connectivity index (χ2v) is 19.8. The minimum atomic E-state index is -1.13. The highest BCUT2D eigenvalue weighted by molar-refractivity contribution is 7.10. The highest BCUT2D eigenvalue weighted by Gasteiger charge is 2.39. The van der Waals surface area contributed by atoms with Gasteiger partial charge in [-0.1, -0.05) is 33.1 Å². The highest BCUT2D eigenvalue weighted by atomic mass is 32.1. The third-order valence-electron chi connectivity index (χ3n) is 13.3. The van der Waals surface area contributed by atoms with Crippen LogP contribution in [-0.4, -0.2) is 136 Å². The van der Waals surface area contributed by atoms with E-state index in [1.165, 1.54) is 27.3 Å². The Labute approximate surface area is 397 Å². The molecule has 5 amide bonds. The van der Waals surface area contributed by atoms with Gasteiger partial charge in [0.2, 0.25) is 11.8 Å². The Morgan fingerprint density at radius 3 is 2.63 bits per heavy atom. The molecule has 6 heterocycles. The molecule has 4 aromatic rings. The first-order valence-corrected chi connectivity index (χ1v) is 24.0. The molecule has 67 heavy (non-hydrogen) atoms. The number of fused-ring (bicyclic) bond motifs is 6. The minimum absolute atomic E-state index is 0.0418. The topological polar surface area (TPSA) is 172 Å². The highest BCUT2D eigenvalue weighted by Crippen LogP contribution is 2.42. The van der Waals surface area contributed by atoms with Crippen LogP contribution in [0, 0.1) is 5.41 Å². The van der Waals surface area contributed by atoms with E-state index < -0.39 is 47.4 Å². The summed E-state index contributed by atoms with van der Waals surface area (Å²) in [4.78, 5) is 84.0. The van der Waals surface area contributed by atoms with E-state index in [9.17, 15) is 24.0 Å². The number of hydrogen-bond acceptors (Lipinski definition) is 11. The van der Waals surface area contributed by atoms with E-state index in [1.807, 2.05) is 18.4 Å². The van der Waals surface area contributed by atoms with Crippen molar-refractivity contribution in [2.24, 2.45) is 5.41 Å². The number of piperidine rings is 1. The smallest absolute Gasteiger partial charge is 0.324 e. The maximum absolute atomic E-state index is 14.7. The lowest BCUT2D eigenvalue weighted by Crippen LogP contribution is -2.62. The lowest BCUT2D eigenvalue weighted by Gasteiger charge is -2.40. The maximum Gasteiger partial charge on any atom is 0.324 e. The van der Waals surface area contributed by atoms with E-state index in [0.717, 1.165) is 51.1 Å². The van der Waals surface area contributed by atoms with Crippen LogP contribution in [0.5, 0.6) is 0 Å². The number of carbonyl (C=O) groups excluding carboxylic acids is 5. The number of hydrogen-bond donors (Lipinski definition) is 2. The van der Waals surface area contributed by atoms with E-state index >= 15 is 0 Å². The number of likely N-dealkylation sites (N-methyl/N-ethyl adjacent to an activating group) is 2. The number of hydrazine groups is 1. The number of rotatable bonds is 10. The van der Waals surface area contributed by atoms with E-state index in [4.69, 9.17) is 19.4 Å². The molecule has 17 heteroatoms. The van der Waals surface area contributed by atoms with Crippen molar-refractivity contribution in [3.8, 4) is 22.5 Å². The molecule has 0 radical (unpaired) electrons. The molecule has 0 spiro atoms. The quantitative estimate of drug-likeness (QED) is 0.104. The average molecular weight is 936 g/mol. The van der Waals surface area contributed by atoms with E-state index in [1.54, 1.807) is 44.1 Å². The average Bonchev–Trinajstić information content (AvgIpc) is 3.92. The molecule has 0 saturated carbocycles. The van der Waals surface area contributed by atoms with Crippen LogP contribution in [0.3, 0.4) is 0 Å². The largest absolute Gasteiger partial charge is 0.464 e. The monoisotopic (exact) mass is 935 g/mol. The maximum atomic E-state index is 14.7. The minimum Gasteiger partial charge on any atom is -0.464 e. The number of esters is 1. The number of aryl methyl sites for hydroxylation is 1. The molecule has 3 aliphatic heterocycles. The summed E-state index contributed by atoms with van der Waals surface area (Å²) in [6.07, 6.45) is 5.76. The van der Waals surface area contributed by atoms with E-state index in [-0.39, 0.29) is 37.6 Å². The molecule has 6 bridgehead atoms. The summed E-state index contributed by atoms with van der Waals surface area (Å²) in [6, 6.07) is 6.69. The number of urea groups is 1. The number of benzene rings is 1. The van der Waals surface area contributed by atoms with Gasteiger partial charge in [0.25, 0.3) is 5.91 Å². The van der Waals surface area contributed by atoms with Crippen molar-refractivity contribution in [3.63, 3.8) is 0 Å². The summed E-state index contributed by atoms with van der Waals surface area (Å²) in [5.41, 5.74) is 9.57. The molecule has 0 aliphatic carbocycles. The molecular formula is C50H65N9O7S. The second kappa shape index (κ2) is 20.5. The standard InChI is InChI=1S/C50H65N9O7S/c1-11-42(60)55(8)33-16-14-22-57(27-33)49(64)56(9)44(30(3)4)46(61)53-38-25-41-52-39(28-67-41)32-19-20-40-35(24-32)36(45(58(40)12-2)34-17-13-21-51-43(34)31(5)65-10)26-50(6,7)29-66-48(63)37-18-15-23-59(54-37)47(38)62/h11,13,17,19-21,24,28,31,33,37-38,44,54H,1,3,12,14-16,18,22-23,25-27,29H2,2,4-10H3,(H,53,61)/t31-,33+,37-,38-,44-/m0/s1. The Balaban J connectivity index is 1.25. The molecule has 16 nitrogen and oxygen atoms in total. The molecule has 3 aliphatic rings. The van der Waals surface area contributed by atoms with Crippen molar-refractivity contribution >= 4 is 52.0 Å². The number of aromatic nitrogens is 3. The summed E-state index contributed by atoms with van der Waals surface area (Å²) >= 11 is 1.39. The number of methoxy groups -OCH3 is 1. The third kappa shape index (κ3) is 10.3. The summed E-state index contributed by atoms with van der Waals surface area (Å²) in [5, 5.41) is 7.99. The lowest BCUT2D eigenvalue weighted by atomic mass is 9.84. The van der Waals surface area contributed by atoms with Gasteiger partial charge < -0.3 is 34.1 Å². The first-order valence-electron chi connectivity index (χ1n) is 23.2. The number of carbonyl (C=O) groups is 5. The zero-order valence-corrected chi connectivity index (χ0v) is 40.9. The van der Waals surface area contributed by atoms with E-state index in [2.05, 4.69) is 73.5 Å². The van der Waals surface area contributed by atoms with Crippen molar-refractivity contribution in [3.05, 3.63) is 83.0 Å². The molecule has 2 fully saturated rings. The summed E-state index contributed by atoms with van der Waals surface area (Å²) in [6.45, 7) is 19.5. The fourth-order valence-corrected chi connectivity index (χ4v) is 10.5. The van der Waals surface area contributed by atoms with Gasteiger partial charge in [0, 0.05) is 98.9 Å². The molecule has 2 N–H and O–H groups in total. The van der Waals surface area contributed by atoms with Gasteiger partial charge in [-0.05, 0) is 94.4 Å². The van der Waals surface area contributed by atoms with Gasteiger partial charge in [0.15, 0.2) is 0 Å². The van der Waals surface area contributed by atoms with Crippen LogP contribution in [-0.2, 0) is 48.0 Å². The van der Waals surface area contributed by atoms with Crippen molar-refractivity contribution < 1.29 is 33.4 Å². The van der Waals surface area contributed by atoms with E-state index in [0.29, 0.717) is 55.9 Å². The number of cyclic esters (lactones) is 1. The Bertz CT molecular complexity index is 2550. The molecule has 7 rings (SSSR count). The number of pyridine rings is 1. The first-order chi connectivity index (χ1) is 32.0. The lowest BCUT2D eigenvalue weighted by molar-refractivity contribution is -0.155. The van der Waals surface area contributed by atoms with Crippen LogP contribution in [0.2, 0.25) is 0 Å². The zero-order chi connectivity index (χ0) is 48.3. The van der Waals surface area contributed by atoms with Gasteiger partial charge >= 0.3 is 12.0 Å². The summed E-state index contributed by atoms with van der Waals surface area (Å²) in [5.74, 6) is -1.75. The Morgan fingerprint density at radius 2 is 1.91 bits per heavy atom. The Morgan fingerprint density at radius 1 is 1.15 bits per heavy atom. The van der Waals surface area contributed by atoms with Crippen LogP contribution >= 0.6 is 11.3 Å². The molecule has 3 aromatic heterocycles. The number of likely N-dealkylation sites (tertiary alicyclic amines) is 1. The molecule has 5 atom stereocenters. The summed E-state index contributed by atoms with van der Waals surface area (Å²) in [7, 11) is 4.92. The predicted octanol–water partition coefficient (Wildman–Crippen LogP) is 6.31. The normalized spacial score (nSPS) is 20.9. The van der Waals surface area contributed by atoms with Gasteiger partial charge in [-0.25, -0.2) is 15.2 Å². The van der Waals surface area contributed by atoms with Gasteiger partial charge in [-0.2, -0.15) is 0 Å². The summed E-state index contributed by atoms with van der Waals surface area (Å²) < 4.78 is 14.2. The Kier molecular flexibility index (Phi) is 15.0. The molecule has 1 aromatic carbocycles. The molecule has 358 valence electrons. The van der Waals surface area contributed by atoms with Gasteiger partial charge in [-0.15, -0.1) is 11.3 Å².